The van der Waals surface area contributed by atoms with Gasteiger partial charge in [-0.05, 0) is 30.3 Å². The Labute approximate surface area is 167 Å². The van der Waals surface area contributed by atoms with Gasteiger partial charge < -0.3 is 24.1 Å². The molecule has 4 rings (SSSR count). The van der Waals surface area contributed by atoms with Crippen LogP contribution in [0.3, 0.4) is 0 Å². The fourth-order valence-electron chi connectivity index (χ4n) is 3.20. The highest BCUT2D eigenvalue weighted by Gasteiger charge is 2.21. The fraction of sp³-hybridized carbons (Fsp3) is 0.286. The van der Waals surface area contributed by atoms with Crippen LogP contribution in [0.4, 0.5) is 0 Å². The van der Waals surface area contributed by atoms with Crippen LogP contribution < -0.4 is 15.0 Å². The highest BCUT2D eigenvalue weighted by Crippen LogP contribution is 2.31. The maximum Gasteiger partial charge on any atom is 0.258 e. The average molecular weight is 395 g/mol. The maximum absolute atomic E-state index is 13.1. The van der Waals surface area contributed by atoms with Crippen LogP contribution in [-0.2, 0) is 11.3 Å². The summed E-state index contributed by atoms with van der Waals surface area (Å²) >= 11 is 0. The lowest BCUT2D eigenvalue weighted by atomic mass is 10.1. The molecule has 2 aromatic carbocycles. The summed E-state index contributed by atoms with van der Waals surface area (Å²) in [5.74, 6) is 1.37. The number of carbonyl (C=O) groups excluding carboxylic acids is 1. The quantitative estimate of drug-likeness (QED) is 0.686. The monoisotopic (exact) mass is 395 g/mol. The molecule has 8 nitrogen and oxygen atoms in total. The second-order valence-corrected chi connectivity index (χ2v) is 6.61. The highest BCUT2D eigenvalue weighted by atomic mass is 16.6. The van der Waals surface area contributed by atoms with Crippen LogP contribution in [0.2, 0.25) is 0 Å². The van der Waals surface area contributed by atoms with E-state index in [0.29, 0.717) is 60.2 Å². The summed E-state index contributed by atoms with van der Waals surface area (Å²) in [6.45, 7) is 1.78. The van der Waals surface area contributed by atoms with Crippen molar-refractivity contribution in [3.05, 3.63) is 64.2 Å². The molecule has 1 N–H and O–H groups in total. The predicted octanol–water partition coefficient (Wildman–Crippen LogP) is 1.98. The molecule has 0 saturated heterocycles. The third-order valence-electron chi connectivity index (χ3n) is 4.64. The van der Waals surface area contributed by atoms with E-state index in [0.717, 1.165) is 0 Å². The average Bonchev–Trinajstić information content (AvgIpc) is 2.76. The number of nitrogens with one attached hydrogen (secondary N) is 1. The Morgan fingerprint density at radius 3 is 2.79 bits per heavy atom. The smallest absolute Gasteiger partial charge is 0.258 e. The summed E-state index contributed by atoms with van der Waals surface area (Å²) in [6.07, 6.45) is 0. The zero-order valence-corrected chi connectivity index (χ0v) is 16.0. The lowest BCUT2D eigenvalue weighted by Gasteiger charge is -2.23. The Bertz CT molecular complexity index is 1100. The van der Waals surface area contributed by atoms with Crippen LogP contribution >= 0.6 is 0 Å². The summed E-state index contributed by atoms with van der Waals surface area (Å²) in [6, 6.07) is 12.2. The molecular formula is C21H21N3O5. The highest BCUT2D eigenvalue weighted by molar-refractivity contribution is 5.95. The molecule has 0 saturated carbocycles. The van der Waals surface area contributed by atoms with Gasteiger partial charge in [-0.25, -0.2) is 4.98 Å². The summed E-state index contributed by atoms with van der Waals surface area (Å²) in [5, 5.41) is 0.512. The molecule has 150 valence electrons. The molecular weight excluding hydrogens is 374 g/mol. The van der Waals surface area contributed by atoms with Gasteiger partial charge in [0.05, 0.1) is 24.1 Å². The first kappa shape index (κ1) is 18.9. The molecule has 0 unspecified atom stereocenters. The Hall–Kier alpha value is -3.39. The number of fused-ring (bicyclic) bond motifs is 2. The van der Waals surface area contributed by atoms with Gasteiger partial charge in [-0.3, -0.25) is 9.59 Å². The number of rotatable bonds is 6. The number of para-hydroxylation sites is 1. The molecule has 2 heterocycles. The van der Waals surface area contributed by atoms with Crippen molar-refractivity contribution >= 4 is 16.8 Å². The first-order chi connectivity index (χ1) is 14.2. The number of hydrogen-bond donors (Lipinski definition) is 1. The number of aromatic amines is 1. The van der Waals surface area contributed by atoms with E-state index in [2.05, 4.69) is 9.97 Å². The summed E-state index contributed by atoms with van der Waals surface area (Å²) in [5.41, 5.74) is 0.822. The van der Waals surface area contributed by atoms with Gasteiger partial charge in [0.25, 0.3) is 11.5 Å². The number of ether oxygens (including phenoxy) is 3. The number of hydrogen-bond acceptors (Lipinski definition) is 6. The van der Waals surface area contributed by atoms with Crippen molar-refractivity contribution in [3.63, 3.8) is 0 Å². The first-order valence-corrected chi connectivity index (χ1v) is 9.31. The third kappa shape index (κ3) is 4.07. The van der Waals surface area contributed by atoms with Gasteiger partial charge in [-0.2, -0.15) is 0 Å². The number of nitrogens with zero attached hydrogens (tertiary/aromatic N) is 2. The van der Waals surface area contributed by atoms with Crippen molar-refractivity contribution < 1.29 is 19.0 Å². The summed E-state index contributed by atoms with van der Waals surface area (Å²) in [4.78, 5) is 34.3. The minimum Gasteiger partial charge on any atom is -0.486 e. The van der Waals surface area contributed by atoms with Crippen LogP contribution in [0, 0.1) is 0 Å². The molecule has 8 heteroatoms. The molecule has 0 bridgehead atoms. The van der Waals surface area contributed by atoms with E-state index in [4.69, 9.17) is 14.2 Å². The van der Waals surface area contributed by atoms with E-state index in [1.54, 1.807) is 48.4 Å². The third-order valence-corrected chi connectivity index (χ3v) is 4.64. The van der Waals surface area contributed by atoms with Crippen molar-refractivity contribution in [1.82, 2.24) is 14.9 Å². The summed E-state index contributed by atoms with van der Waals surface area (Å²) < 4.78 is 16.2. The van der Waals surface area contributed by atoms with Crippen molar-refractivity contribution in [1.29, 1.82) is 0 Å². The van der Waals surface area contributed by atoms with Gasteiger partial charge >= 0.3 is 0 Å². The topological polar surface area (TPSA) is 93.8 Å². The van der Waals surface area contributed by atoms with Gasteiger partial charge in [0, 0.05) is 19.2 Å². The Morgan fingerprint density at radius 2 is 1.97 bits per heavy atom. The molecule has 0 aliphatic carbocycles. The van der Waals surface area contributed by atoms with Crippen LogP contribution in [0.15, 0.2) is 47.3 Å². The second-order valence-electron chi connectivity index (χ2n) is 6.61. The number of aromatic nitrogens is 2. The van der Waals surface area contributed by atoms with Crippen molar-refractivity contribution in [3.8, 4) is 11.5 Å². The standard InChI is InChI=1S/C21H21N3O5/c1-27-9-8-24(13-19-22-16-5-3-2-4-15(16)20(25)23-19)21(26)14-6-7-17-18(12-14)29-11-10-28-17/h2-7,12H,8-11,13H2,1H3,(H,22,23,25). The van der Waals surface area contributed by atoms with Gasteiger partial charge in [0.1, 0.15) is 19.0 Å². The number of carbonyl (C=O) groups is 1. The number of methoxy groups -OCH3 is 1. The molecule has 1 amide bonds. The van der Waals surface area contributed by atoms with Crippen molar-refractivity contribution in [2.45, 2.75) is 6.54 Å². The normalized spacial score (nSPS) is 12.7. The predicted molar refractivity (Wildman–Crippen MR) is 106 cm³/mol. The molecule has 0 spiro atoms. The minimum atomic E-state index is -0.232. The Kier molecular flexibility index (Phi) is 5.44. The van der Waals surface area contributed by atoms with Gasteiger partial charge in [0.2, 0.25) is 0 Å². The largest absolute Gasteiger partial charge is 0.486 e. The van der Waals surface area contributed by atoms with E-state index in [-0.39, 0.29) is 18.0 Å². The van der Waals surface area contributed by atoms with Gasteiger partial charge in [-0.15, -0.1) is 0 Å². The Balaban J connectivity index is 1.62. The van der Waals surface area contributed by atoms with E-state index in [9.17, 15) is 9.59 Å². The van der Waals surface area contributed by atoms with E-state index >= 15 is 0 Å². The summed E-state index contributed by atoms with van der Waals surface area (Å²) in [7, 11) is 1.57. The van der Waals surface area contributed by atoms with E-state index in [1.165, 1.54) is 0 Å². The molecule has 3 aromatic rings. The number of benzene rings is 2. The first-order valence-electron chi connectivity index (χ1n) is 9.31. The lowest BCUT2D eigenvalue weighted by molar-refractivity contribution is 0.0674. The molecule has 29 heavy (non-hydrogen) atoms. The SMILES string of the molecule is COCCN(Cc1nc2ccccc2c(=O)[nH]1)C(=O)c1ccc2c(c1)OCCO2. The zero-order chi connectivity index (χ0) is 20.2. The second kappa shape index (κ2) is 8.32. The molecule has 1 aliphatic rings. The lowest BCUT2D eigenvalue weighted by Crippen LogP contribution is -2.34. The van der Waals surface area contributed by atoms with E-state index < -0.39 is 0 Å². The molecule has 0 fully saturated rings. The van der Waals surface area contributed by atoms with Crippen molar-refractivity contribution in [2.24, 2.45) is 0 Å². The molecule has 0 atom stereocenters. The molecule has 0 radical (unpaired) electrons. The van der Waals surface area contributed by atoms with Crippen LogP contribution in [0.1, 0.15) is 16.2 Å². The molecule has 1 aromatic heterocycles. The Morgan fingerprint density at radius 1 is 1.17 bits per heavy atom. The van der Waals surface area contributed by atoms with Crippen LogP contribution in [0.25, 0.3) is 10.9 Å². The maximum atomic E-state index is 13.1. The zero-order valence-electron chi connectivity index (χ0n) is 16.0. The van der Waals surface area contributed by atoms with Crippen LogP contribution in [0.5, 0.6) is 11.5 Å². The number of H-pyrrole nitrogens is 1. The minimum absolute atomic E-state index is 0.150. The van der Waals surface area contributed by atoms with Crippen LogP contribution in [-0.4, -0.2) is 54.3 Å². The van der Waals surface area contributed by atoms with Gasteiger partial charge in [-0.1, -0.05) is 12.1 Å². The van der Waals surface area contributed by atoms with Gasteiger partial charge in [0.15, 0.2) is 11.5 Å². The molecule has 1 aliphatic heterocycles. The number of amides is 1. The fourth-order valence-corrected chi connectivity index (χ4v) is 3.20. The van der Waals surface area contributed by atoms with Crippen molar-refractivity contribution in [2.75, 3.05) is 33.5 Å². The van der Waals surface area contributed by atoms with E-state index in [1.807, 2.05) is 6.07 Å².